The van der Waals surface area contributed by atoms with Crippen LogP contribution in [0.5, 0.6) is 0 Å². The molecule has 0 unspecified atom stereocenters. The first kappa shape index (κ1) is 10.4. The van der Waals surface area contributed by atoms with Gasteiger partial charge in [0, 0.05) is 12.7 Å². The van der Waals surface area contributed by atoms with Crippen molar-refractivity contribution in [3.05, 3.63) is 18.3 Å². The number of carboxylic acid groups (broad SMARTS) is 1. The standard InChI is InChI=1S/C10H11N3O3/c14-8-6-13(5-3-9(15)16)10-7(12-8)2-1-4-11-10/h1-2,4H,3,5-6H2,(H,12,14)(H,15,16). The number of hydrogen-bond donors (Lipinski definition) is 2. The average Bonchev–Trinajstić information content (AvgIpc) is 2.25. The maximum absolute atomic E-state index is 11.4. The zero-order valence-electron chi connectivity index (χ0n) is 8.51. The third kappa shape index (κ3) is 2.10. The second-order valence-electron chi connectivity index (χ2n) is 3.49. The molecule has 2 N–H and O–H groups in total. The van der Waals surface area contributed by atoms with Gasteiger partial charge in [0.05, 0.1) is 18.7 Å². The van der Waals surface area contributed by atoms with Gasteiger partial charge >= 0.3 is 5.97 Å². The molecular formula is C10H11N3O3. The lowest BCUT2D eigenvalue weighted by molar-refractivity contribution is -0.136. The average molecular weight is 221 g/mol. The summed E-state index contributed by atoms with van der Waals surface area (Å²) in [6.45, 7) is 0.435. The van der Waals surface area contributed by atoms with Crippen molar-refractivity contribution in [2.24, 2.45) is 0 Å². The quantitative estimate of drug-likeness (QED) is 0.767. The van der Waals surface area contributed by atoms with Gasteiger partial charge in [-0.25, -0.2) is 4.98 Å². The summed E-state index contributed by atoms with van der Waals surface area (Å²) in [5, 5.41) is 11.3. The molecule has 1 amide bonds. The minimum Gasteiger partial charge on any atom is -0.481 e. The molecule has 0 bridgehead atoms. The van der Waals surface area contributed by atoms with Crippen LogP contribution in [-0.4, -0.2) is 35.1 Å². The molecule has 0 radical (unpaired) electrons. The van der Waals surface area contributed by atoms with Crippen LogP contribution < -0.4 is 10.2 Å². The number of amides is 1. The molecule has 0 spiro atoms. The number of rotatable bonds is 3. The molecular weight excluding hydrogens is 210 g/mol. The highest BCUT2D eigenvalue weighted by Crippen LogP contribution is 2.25. The Kier molecular flexibility index (Phi) is 2.72. The third-order valence-corrected chi connectivity index (χ3v) is 2.29. The number of hydrogen-bond acceptors (Lipinski definition) is 4. The van der Waals surface area contributed by atoms with Crippen LogP contribution in [0.15, 0.2) is 18.3 Å². The van der Waals surface area contributed by atoms with E-state index in [0.717, 1.165) is 0 Å². The van der Waals surface area contributed by atoms with Crippen LogP contribution in [-0.2, 0) is 9.59 Å². The predicted molar refractivity (Wildman–Crippen MR) is 57.3 cm³/mol. The van der Waals surface area contributed by atoms with Crippen molar-refractivity contribution in [2.45, 2.75) is 6.42 Å². The highest BCUT2D eigenvalue weighted by Gasteiger charge is 2.22. The third-order valence-electron chi connectivity index (χ3n) is 2.29. The topological polar surface area (TPSA) is 82.5 Å². The van der Waals surface area contributed by atoms with Gasteiger partial charge in [0.1, 0.15) is 0 Å². The molecule has 2 rings (SSSR count). The molecule has 0 fully saturated rings. The maximum Gasteiger partial charge on any atom is 0.305 e. The summed E-state index contributed by atoms with van der Waals surface area (Å²) in [4.78, 5) is 27.6. The van der Waals surface area contributed by atoms with Crippen molar-refractivity contribution in [1.29, 1.82) is 0 Å². The lowest BCUT2D eigenvalue weighted by atomic mass is 10.2. The largest absolute Gasteiger partial charge is 0.481 e. The number of nitrogens with one attached hydrogen (secondary N) is 1. The minimum absolute atomic E-state index is 0.0106. The number of carbonyl (C=O) groups is 2. The second-order valence-corrected chi connectivity index (χ2v) is 3.49. The number of fused-ring (bicyclic) bond motifs is 1. The smallest absolute Gasteiger partial charge is 0.305 e. The Morgan fingerprint density at radius 2 is 2.44 bits per heavy atom. The van der Waals surface area contributed by atoms with E-state index < -0.39 is 5.97 Å². The van der Waals surface area contributed by atoms with Gasteiger partial charge < -0.3 is 15.3 Å². The number of aromatic nitrogens is 1. The molecule has 0 saturated carbocycles. The van der Waals surface area contributed by atoms with Crippen molar-refractivity contribution in [3.63, 3.8) is 0 Å². The molecule has 0 aromatic carbocycles. The Labute approximate surface area is 91.9 Å². The van der Waals surface area contributed by atoms with Crippen molar-refractivity contribution < 1.29 is 14.7 Å². The Hall–Kier alpha value is -2.11. The summed E-state index contributed by atoms with van der Waals surface area (Å²) in [6, 6.07) is 3.47. The lowest BCUT2D eigenvalue weighted by Crippen LogP contribution is -2.39. The van der Waals surface area contributed by atoms with Gasteiger partial charge in [0.25, 0.3) is 0 Å². The fraction of sp³-hybridized carbons (Fsp3) is 0.300. The molecule has 0 aliphatic carbocycles. The highest BCUT2D eigenvalue weighted by atomic mass is 16.4. The van der Waals surface area contributed by atoms with E-state index in [1.165, 1.54) is 0 Å². The Morgan fingerprint density at radius 3 is 3.19 bits per heavy atom. The summed E-state index contributed by atoms with van der Waals surface area (Å²) in [7, 11) is 0. The summed E-state index contributed by atoms with van der Waals surface area (Å²) in [5.74, 6) is -0.405. The van der Waals surface area contributed by atoms with Crippen LogP contribution in [0.2, 0.25) is 0 Å². The Morgan fingerprint density at radius 1 is 1.62 bits per heavy atom. The van der Waals surface area contributed by atoms with Crippen LogP contribution in [0.3, 0.4) is 0 Å². The summed E-state index contributed by atoms with van der Waals surface area (Å²) >= 11 is 0. The fourth-order valence-electron chi connectivity index (χ4n) is 1.60. The number of carbonyl (C=O) groups excluding carboxylic acids is 1. The number of aliphatic carboxylic acids is 1. The SMILES string of the molecule is O=C(O)CCN1CC(=O)Nc2cccnc21. The van der Waals surface area contributed by atoms with Gasteiger partial charge in [-0.2, -0.15) is 0 Å². The van der Waals surface area contributed by atoms with Gasteiger partial charge in [0.15, 0.2) is 5.82 Å². The number of nitrogens with zero attached hydrogens (tertiary/aromatic N) is 2. The van der Waals surface area contributed by atoms with Gasteiger partial charge in [-0.15, -0.1) is 0 Å². The van der Waals surface area contributed by atoms with Crippen molar-refractivity contribution in [2.75, 3.05) is 23.3 Å². The lowest BCUT2D eigenvalue weighted by Gasteiger charge is -2.28. The monoisotopic (exact) mass is 221 g/mol. The van der Waals surface area contributed by atoms with Crippen molar-refractivity contribution >= 4 is 23.4 Å². The van der Waals surface area contributed by atoms with Crippen LogP contribution in [0.4, 0.5) is 11.5 Å². The summed E-state index contributed by atoms with van der Waals surface area (Å²) < 4.78 is 0. The molecule has 1 aliphatic rings. The highest BCUT2D eigenvalue weighted by molar-refractivity contribution is 6.00. The van der Waals surface area contributed by atoms with E-state index >= 15 is 0 Å². The second kappa shape index (κ2) is 4.18. The molecule has 0 saturated heterocycles. The molecule has 2 heterocycles. The minimum atomic E-state index is -0.886. The zero-order valence-corrected chi connectivity index (χ0v) is 8.51. The van der Waals surface area contributed by atoms with Gasteiger partial charge in [-0.1, -0.05) is 0 Å². The predicted octanol–water partition coefficient (Wildman–Crippen LogP) is 0.315. The molecule has 0 atom stereocenters. The summed E-state index contributed by atoms with van der Waals surface area (Å²) in [6.07, 6.45) is 1.60. The molecule has 1 aromatic rings. The van der Waals surface area contributed by atoms with E-state index in [1.807, 2.05) is 0 Å². The van der Waals surface area contributed by atoms with Crippen molar-refractivity contribution in [1.82, 2.24) is 4.98 Å². The van der Waals surface area contributed by atoms with E-state index in [-0.39, 0.29) is 25.4 Å². The van der Waals surface area contributed by atoms with E-state index in [1.54, 1.807) is 23.2 Å². The Bertz CT molecular complexity index is 433. The first-order valence-corrected chi connectivity index (χ1v) is 4.88. The van der Waals surface area contributed by atoms with Gasteiger partial charge in [0.2, 0.25) is 5.91 Å². The van der Waals surface area contributed by atoms with Gasteiger partial charge in [-0.05, 0) is 12.1 Å². The molecule has 16 heavy (non-hydrogen) atoms. The Balaban J connectivity index is 2.20. The molecule has 1 aromatic heterocycles. The maximum atomic E-state index is 11.4. The zero-order chi connectivity index (χ0) is 11.5. The number of pyridine rings is 1. The first-order valence-electron chi connectivity index (χ1n) is 4.88. The first-order chi connectivity index (χ1) is 7.66. The van der Waals surface area contributed by atoms with Crippen molar-refractivity contribution in [3.8, 4) is 0 Å². The van der Waals surface area contributed by atoms with E-state index in [4.69, 9.17) is 5.11 Å². The van der Waals surface area contributed by atoms with Crippen LogP contribution in [0.1, 0.15) is 6.42 Å². The number of carboxylic acids is 1. The molecule has 84 valence electrons. The van der Waals surface area contributed by atoms with Gasteiger partial charge in [-0.3, -0.25) is 9.59 Å². The summed E-state index contributed by atoms with van der Waals surface area (Å²) in [5.41, 5.74) is 0.629. The van der Waals surface area contributed by atoms with E-state index in [9.17, 15) is 9.59 Å². The normalized spacial score (nSPS) is 14.2. The molecule has 6 nitrogen and oxygen atoms in total. The van der Waals surface area contributed by atoms with E-state index in [2.05, 4.69) is 10.3 Å². The fourth-order valence-corrected chi connectivity index (χ4v) is 1.60. The molecule has 1 aliphatic heterocycles. The van der Waals surface area contributed by atoms with Crippen LogP contribution in [0, 0.1) is 0 Å². The van der Waals surface area contributed by atoms with Crippen LogP contribution in [0.25, 0.3) is 0 Å². The van der Waals surface area contributed by atoms with E-state index in [0.29, 0.717) is 11.5 Å². The number of anilines is 2. The molecule has 6 heteroatoms. The van der Waals surface area contributed by atoms with Crippen LogP contribution >= 0.6 is 0 Å².